The number of aliphatic imine (C=N–C) groups is 1. The van der Waals surface area contributed by atoms with Crippen molar-refractivity contribution in [3.05, 3.63) is 46.7 Å². The Labute approximate surface area is 98.7 Å². The van der Waals surface area contributed by atoms with Crippen LogP contribution in [0.2, 0.25) is 0 Å². The summed E-state index contributed by atoms with van der Waals surface area (Å²) >= 11 is 1.73. The highest BCUT2D eigenvalue weighted by molar-refractivity contribution is 7.08. The van der Waals surface area contributed by atoms with Gasteiger partial charge >= 0.3 is 0 Å². The first-order valence-electron chi connectivity index (χ1n) is 5.35. The number of thiophene rings is 1. The molecule has 16 heavy (non-hydrogen) atoms. The largest absolute Gasteiger partial charge is 0.368 e. The van der Waals surface area contributed by atoms with Gasteiger partial charge in [0.2, 0.25) is 0 Å². The minimum absolute atomic E-state index is 0.887. The zero-order chi connectivity index (χ0) is 10.8. The molecule has 0 saturated heterocycles. The van der Waals surface area contributed by atoms with Gasteiger partial charge < -0.3 is 5.32 Å². The smallest absolute Gasteiger partial charge is 0.128 e. The molecule has 0 fully saturated rings. The fraction of sp³-hybridized carbons (Fsp3) is 0.154. The first kappa shape index (κ1) is 9.60. The predicted molar refractivity (Wildman–Crippen MR) is 69.2 cm³/mol. The standard InChI is InChI=1S/C13H12N2S/c1-2-10(12-4-7-16-9-12)8-11(3-1)13-14-5-6-15-13/h1-4,7-9H,5-6H2,(H,14,15). The number of amidine groups is 1. The molecular formula is C13H12N2S. The number of hydrogen-bond donors (Lipinski definition) is 1. The summed E-state index contributed by atoms with van der Waals surface area (Å²) in [5, 5.41) is 7.57. The lowest BCUT2D eigenvalue weighted by molar-refractivity contribution is 0.960. The topological polar surface area (TPSA) is 24.4 Å². The van der Waals surface area contributed by atoms with Crippen LogP contribution >= 0.6 is 11.3 Å². The molecular weight excluding hydrogens is 216 g/mol. The maximum atomic E-state index is 4.44. The van der Waals surface area contributed by atoms with E-state index in [9.17, 15) is 0 Å². The van der Waals surface area contributed by atoms with E-state index >= 15 is 0 Å². The summed E-state index contributed by atoms with van der Waals surface area (Å²) < 4.78 is 0. The Bertz CT molecular complexity index is 514. The van der Waals surface area contributed by atoms with E-state index in [1.807, 2.05) is 0 Å². The maximum Gasteiger partial charge on any atom is 0.128 e. The van der Waals surface area contributed by atoms with Crippen LogP contribution in [0.25, 0.3) is 11.1 Å². The molecule has 1 N–H and O–H groups in total. The van der Waals surface area contributed by atoms with Gasteiger partial charge in [-0.05, 0) is 34.0 Å². The van der Waals surface area contributed by atoms with Gasteiger partial charge in [-0.3, -0.25) is 4.99 Å². The van der Waals surface area contributed by atoms with Crippen LogP contribution in [0.5, 0.6) is 0 Å². The number of nitrogens with zero attached hydrogens (tertiary/aromatic N) is 1. The second kappa shape index (κ2) is 4.10. The number of hydrogen-bond acceptors (Lipinski definition) is 3. The summed E-state index contributed by atoms with van der Waals surface area (Å²) in [7, 11) is 0. The highest BCUT2D eigenvalue weighted by Crippen LogP contribution is 2.23. The molecule has 3 rings (SSSR count). The molecule has 0 radical (unpaired) electrons. The molecule has 0 bridgehead atoms. The molecule has 1 aromatic heterocycles. The van der Waals surface area contributed by atoms with Crippen LogP contribution in [-0.2, 0) is 0 Å². The van der Waals surface area contributed by atoms with Crippen LogP contribution in [-0.4, -0.2) is 18.9 Å². The maximum absolute atomic E-state index is 4.44. The highest BCUT2D eigenvalue weighted by atomic mass is 32.1. The van der Waals surface area contributed by atoms with Crippen LogP contribution in [0.4, 0.5) is 0 Å². The van der Waals surface area contributed by atoms with Gasteiger partial charge in [0.1, 0.15) is 5.84 Å². The van der Waals surface area contributed by atoms with Gasteiger partial charge in [0.15, 0.2) is 0 Å². The molecule has 3 heteroatoms. The molecule has 2 heterocycles. The SMILES string of the molecule is c1cc(C2=NCCN2)cc(-c2ccsc2)c1. The van der Waals surface area contributed by atoms with Gasteiger partial charge in [0.25, 0.3) is 0 Å². The van der Waals surface area contributed by atoms with Gasteiger partial charge in [-0.2, -0.15) is 11.3 Å². The van der Waals surface area contributed by atoms with E-state index in [0.29, 0.717) is 0 Å². The molecule has 1 aromatic carbocycles. The zero-order valence-electron chi connectivity index (χ0n) is 8.81. The predicted octanol–water partition coefficient (Wildman–Crippen LogP) is 2.76. The van der Waals surface area contributed by atoms with E-state index in [0.717, 1.165) is 18.9 Å². The molecule has 2 aromatic rings. The molecule has 1 aliphatic rings. The third-order valence-corrected chi connectivity index (χ3v) is 3.35. The van der Waals surface area contributed by atoms with E-state index in [2.05, 4.69) is 51.4 Å². The van der Waals surface area contributed by atoms with E-state index in [1.165, 1.54) is 16.7 Å². The quantitative estimate of drug-likeness (QED) is 0.839. The first-order chi connectivity index (χ1) is 7.93. The Morgan fingerprint density at radius 2 is 2.06 bits per heavy atom. The minimum Gasteiger partial charge on any atom is -0.368 e. The highest BCUT2D eigenvalue weighted by Gasteiger charge is 2.08. The minimum atomic E-state index is 0.887. The average Bonchev–Trinajstić information content (AvgIpc) is 3.03. The van der Waals surface area contributed by atoms with Crippen LogP contribution in [0.1, 0.15) is 5.56 Å². The van der Waals surface area contributed by atoms with E-state index < -0.39 is 0 Å². The Balaban J connectivity index is 2.00. The lowest BCUT2D eigenvalue weighted by atomic mass is 10.1. The van der Waals surface area contributed by atoms with Gasteiger partial charge in [-0.1, -0.05) is 18.2 Å². The van der Waals surface area contributed by atoms with Crippen molar-refractivity contribution < 1.29 is 0 Å². The Hall–Kier alpha value is -1.61. The fourth-order valence-corrected chi connectivity index (χ4v) is 2.53. The van der Waals surface area contributed by atoms with Gasteiger partial charge in [-0.25, -0.2) is 0 Å². The molecule has 0 unspecified atom stereocenters. The van der Waals surface area contributed by atoms with Crippen molar-refractivity contribution in [2.45, 2.75) is 0 Å². The molecule has 0 spiro atoms. The number of nitrogens with one attached hydrogen (secondary N) is 1. The lowest BCUT2D eigenvalue weighted by Gasteiger charge is -2.04. The molecule has 1 aliphatic heterocycles. The fourth-order valence-electron chi connectivity index (χ4n) is 1.87. The third kappa shape index (κ3) is 1.74. The summed E-state index contributed by atoms with van der Waals surface area (Å²) in [6, 6.07) is 10.7. The third-order valence-electron chi connectivity index (χ3n) is 2.66. The van der Waals surface area contributed by atoms with Crippen LogP contribution < -0.4 is 5.32 Å². The summed E-state index contributed by atoms with van der Waals surface area (Å²) in [5.74, 6) is 1.03. The van der Waals surface area contributed by atoms with Crippen molar-refractivity contribution in [1.82, 2.24) is 5.32 Å². The van der Waals surface area contributed by atoms with Crippen molar-refractivity contribution in [2.75, 3.05) is 13.1 Å². The summed E-state index contributed by atoms with van der Waals surface area (Å²) in [4.78, 5) is 4.44. The Morgan fingerprint density at radius 1 is 1.12 bits per heavy atom. The summed E-state index contributed by atoms with van der Waals surface area (Å²) in [5.41, 5.74) is 3.72. The van der Waals surface area contributed by atoms with E-state index in [4.69, 9.17) is 0 Å². The molecule has 0 aliphatic carbocycles. The molecule has 0 atom stereocenters. The van der Waals surface area contributed by atoms with Crippen LogP contribution in [0, 0.1) is 0 Å². The molecule has 2 nitrogen and oxygen atoms in total. The average molecular weight is 228 g/mol. The summed E-state index contributed by atoms with van der Waals surface area (Å²) in [6.45, 7) is 1.84. The van der Waals surface area contributed by atoms with Gasteiger partial charge in [-0.15, -0.1) is 0 Å². The van der Waals surface area contributed by atoms with E-state index in [-0.39, 0.29) is 0 Å². The van der Waals surface area contributed by atoms with Crippen molar-refractivity contribution >= 4 is 17.2 Å². The Morgan fingerprint density at radius 3 is 2.81 bits per heavy atom. The Kier molecular flexibility index (Phi) is 2.46. The van der Waals surface area contributed by atoms with Crippen molar-refractivity contribution in [2.24, 2.45) is 4.99 Å². The monoisotopic (exact) mass is 228 g/mol. The van der Waals surface area contributed by atoms with Crippen molar-refractivity contribution in [3.63, 3.8) is 0 Å². The summed E-state index contributed by atoms with van der Waals surface area (Å²) in [6.07, 6.45) is 0. The molecule has 0 amide bonds. The van der Waals surface area contributed by atoms with Crippen LogP contribution in [0.15, 0.2) is 46.1 Å². The van der Waals surface area contributed by atoms with E-state index in [1.54, 1.807) is 11.3 Å². The second-order valence-electron chi connectivity index (χ2n) is 3.75. The second-order valence-corrected chi connectivity index (χ2v) is 4.53. The number of benzene rings is 1. The molecule has 0 saturated carbocycles. The van der Waals surface area contributed by atoms with Crippen molar-refractivity contribution in [3.8, 4) is 11.1 Å². The van der Waals surface area contributed by atoms with Crippen molar-refractivity contribution in [1.29, 1.82) is 0 Å². The lowest BCUT2D eigenvalue weighted by Crippen LogP contribution is -2.19. The normalized spacial score (nSPS) is 14.6. The van der Waals surface area contributed by atoms with Gasteiger partial charge in [0.05, 0.1) is 6.54 Å². The first-order valence-corrected chi connectivity index (χ1v) is 6.29. The van der Waals surface area contributed by atoms with Crippen LogP contribution in [0.3, 0.4) is 0 Å². The zero-order valence-corrected chi connectivity index (χ0v) is 9.63. The van der Waals surface area contributed by atoms with Gasteiger partial charge in [0, 0.05) is 12.1 Å². The molecule has 80 valence electrons. The number of rotatable bonds is 2.